The molecule has 1 aromatic rings. The van der Waals surface area contributed by atoms with Gasteiger partial charge < -0.3 is 19.7 Å². The number of carbonyl (C=O) groups is 1. The Morgan fingerprint density at radius 2 is 2.41 bits per heavy atom. The van der Waals surface area contributed by atoms with E-state index in [1.165, 1.54) is 10.4 Å². The second-order valence-electron chi connectivity index (χ2n) is 6.57. The maximum Gasteiger partial charge on any atom is 0.317 e. The van der Waals surface area contributed by atoms with Crippen LogP contribution in [0.2, 0.25) is 0 Å². The number of carbonyl (C=O) groups excluding carboxylic acids is 1. The van der Waals surface area contributed by atoms with Crippen molar-refractivity contribution in [3.63, 3.8) is 0 Å². The maximum absolute atomic E-state index is 12.4. The second-order valence-corrected chi connectivity index (χ2v) is 7.57. The van der Waals surface area contributed by atoms with Crippen molar-refractivity contribution in [2.45, 2.75) is 25.4 Å². The Kier molecular flexibility index (Phi) is 3.84. The Morgan fingerprint density at radius 1 is 1.45 bits per heavy atom. The van der Waals surface area contributed by atoms with E-state index < -0.39 is 0 Å². The zero-order chi connectivity index (χ0) is 15.0. The average molecular weight is 322 g/mol. The molecule has 4 rings (SSSR count). The van der Waals surface area contributed by atoms with E-state index in [0.717, 1.165) is 52.2 Å². The van der Waals surface area contributed by atoms with Crippen LogP contribution >= 0.6 is 11.3 Å². The second kappa shape index (κ2) is 5.83. The first-order valence-electron chi connectivity index (χ1n) is 8.04. The fraction of sp³-hybridized carbons (Fsp3) is 0.688. The summed E-state index contributed by atoms with van der Waals surface area (Å²) in [6.07, 6.45) is 3.15. The number of ether oxygens (including phenoxy) is 2. The lowest BCUT2D eigenvalue weighted by Crippen LogP contribution is -2.42. The third kappa shape index (κ3) is 2.64. The number of rotatable bonds is 2. The number of likely N-dealkylation sites (tertiary alicyclic amines) is 1. The van der Waals surface area contributed by atoms with Crippen LogP contribution in [0.1, 0.15) is 29.4 Å². The highest BCUT2D eigenvalue weighted by Gasteiger charge is 2.42. The van der Waals surface area contributed by atoms with E-state index in [-0.39, 0.29) is 17.6 Å². The molecule has 2 saturated heterocycles. The van der Waals surface area contributed by atoms with Crippen LogP contribution in [0.3, 0.4) is 0 Å². The number of urea groups is 1. The quantitative estimate of drug-likeness (QED) is 0.908. The first kappa shape index (κ1) is 14.5. The summed E-state index contributed by atoms with van der Waals surface area (Å²) in [5.74, 6) is 0. The van der Waals surface area contributed by atoms with Gasteiger partial charge in [-0.2, -0.15) is 0 Å². The lowest BCUT2D eigenvalue weighted by Gasteiger charge is -2.26. The monoisotopic (exact) mass is 322 g/mol. The van der Waals surface area contributed by atoms with Gasteiger partial charge in [0.2, 0.25) is 0 Å². The van der Waals surface area contributed by atoms with Gasteiger partial charge in [-0.1, -0.05) is 0 Å². The van der Waals surface area contributed by atoms with Crippen LogP contribution < -0.4 is 5.32 Å². The summed E-state index contributed by atoms with van der Waals surface area (Å²) >= 11 is 1.78. The largest absolute Gasteiger partial charge is 0.381 e. The number of thiophene rings is 1. The maximum atomic E-state index is 12.4. The fourth-order valence-corrected chi connectivity index (χ4v) is 4.68. The summed E-state index contributed by atoms with van der Waals surface area (Å²) in [5, 5.41) is 5.17. The molecule has 4 heterocycles. The van der Waals surface area contributed by atoms with E-state index in [2.05, 4.69) is 16.8 Å². The molecule has 0 aliphatic carbocycles. The van der Waals surface area contributed by atoms with Crippen molar-refractivity contribution in [1.29, 1.82) is 0 Å². The van der Waals surface area contributed by atoms with Crippen molar-refractivity contribution in [3.8, 4) is 0 Å². The summed E-state index contributed by atoms with van der Waals surface area (Å²) in [6.45, 7) is 4.62. The van der Waals surface area contributed by atoms with Crippen molar-refractivity contribution in [3.05, 3.63) is 21.9 Å². The predicted octanol–water partition coefficient (Wildman–Crippen LogP) is 2.18. The van der Waals surface area contributed by atoms with Gasteiger partial charge in [0.05, 0.1) is 13.2 Å². The molecule has 6 heteroatoms. The Bertz CT molecular complexity index is 553. The first-order chi connectivity index (χ1) is 10.8. The minimum absolute atomic E-state index is 0.00493. The van der Waals surface area contributed by atoms with E-state index >= 15 is 0 Å². The number of amides is 2. The molecule has 2 atom stereocenters. The van der Waals surface area contributed by atoms with Crippen LogP contribution in [-0.4, -0.2) is 50.4 Å². The molecule has 3 aliphatic heterocycles. The van der Waals surface area contributed by atoms with Gasteiger partial charge in [0.15, 0.2) is 0 Å². The zero-order valence-electron chi connectivity index (χ0n) is 12.7. The lowest BCUT2D eigenvalue weighted by atomic mass is 9.87. The molecular formula is C16H22N2O3S. The zero-order valence-corrected chi connectivity index (χ0v) is 13.5. The summed E-state index contributed by atoms with van der Waals surface area (Å²) in [7, 11) is 0. The normalized spacial score (nSPS) is 30.7. The molecule has 2 fully saturated rings. The molecule has 1 N–H and O–H groups in total. The van der Waals surface area contributed by atoms with Crippen LogP contribution in [0.4, 0.5) is 4.79 Å². The molecule has 120 valence electrons. The number of nitrogens with zero attached hydrogens (tertiary/aromatic N) is 1. The molecule has 5 nitrogen and oxygen atoms in total. The standard InChI is InChI=1S/C16H22N2O3S/c19-15(18-5-3-16(10-18)4-7-20-11-16)17-9-13-12-2-8-22-14(12)1-6-21-13/h2,8,13H,1,3-7,9-11H2,(H,17,19)/t13-,16+/m0/s1. The van der Waals surface area contributed by atoms with E-state index in [4.69, 9.17) is 9.47 Å². The molecule has 1 aromatic heterocycles. The van der Waals surface area contributed by atoms with Crippen LogP contribution in [0.25, 0.3) is 0 Å². The molecule has 0 saturated carbocycles. The van der Waals surface area contributed by atoms with Crippen LogP contribution in [0.15, 0.2) is 11.4 Å². The Hall–Kier alpha value is -1.11. The smallest absolute Gasteiger partial charge is 0.317 e. The molecule has 2 amide bonds. The lowest BCUT2D eigenvalue weighted by molar-refractivity contribution is 0.0445. The minimum atomic E-state index is 0.00493. The highest BCUT2D eigenvalue weighted by molar-refractivity contribution is 7.10. The Morgan fingerprint density at radius 3 is 3.27 bits per heavy atom. The topological polar surface area (TPSA) is 50.8 Å². The van der Waals surface area contributed by atoms with Gasteiger partial charge in [0, 0.05) is 43.0 Å². The summed E-state index contributed by atoms with van der Waals surface area (Å²) in [6, 6.07) is 2.16. The van der Waals surface area contributed by atoms with Gasteiger partial charge in [-0.3, -0.25) is 0 Å². The average Bonchev–Trinajstić information content (AvgIpc) is 3.26. The van der Waals surface area contributed by atoms with Gasteiger partial charge >= 0.3 is 6.03 Å². The molecule has 3 aliphatic rings. The first-order valence-corrected chi connectivity index (χ1v) is 8.92. The van der Waals surface area contributed by atoms with Crippen LogP contribution in [0.5, 0.6) is 0 Å². The third-order valence-corrected chi connectivity index (χ3v) is 6.12. The number of hydrogen-bond acceptors (Lipinski definition) is 4. The van der Waals surface area contributed by atoms with E-state index in [0.29, 0.717) is 6.54 Å². The third-order valence-electron chi connectivity index (χ3n) is 5.12. The van der Waals surface area contributed by atoms with Crippen molar-refractivity contribution in [1.82, 2.24) is 10.2 Å². The molecule has 0 unspecified atom stereocenters. The number of hydrogen-bond donors (Lipinski definition) is 1. The molecule has 1 spiro atoms. The Labute approximate surface area is 134 Å². The molecule has 0 bridgehead atoms. The van der Waals surface area contributed by atoms with E-state index in [1.54, 1.807) is 11.3 Å². The fourth-order valence-electron chi connectivity index (χ4n) is 3.76. The number of fused-ring (bicyclic) bond motifs is 1. The van der Waals surface area contributed by atoms with Gasteiger partial charge in [0.1, 0.15) is 6.10 Å². The predicted molar refractivity (Wildman–Crippen MR) is 84.2 cm³/mol. The van der Waals surface area contributed by atoms with Crippen LogP contribution in [0, 0.1) is 5.41 Å². The van der Waals surface area contributed by atoms with Gasteiger partial charge in [-0.15, -0.1) is 11.3 Å². The van der Waals surface area contributed by atoms with Crippen molar-refractivity contribution in [2.75, 3.05) is 39.5 Å². The molecule has 22 heavy (non-hydrogen) atoms. The van der Waals surface area contributed by atoms with E-state index in [1.807, 2.05) is 4.90 Å². The van der Waals surface area contributed by atoms with Crippen molar-refractivity contribution in [2.24, 2.45) is 5.41 Å². The summed E-state index contributed by atoms with van der Waals surface area (Å²) in [4.78, 5) is 15.7. The van der Waals surface area contributed by atoms with Gasteiger partial charge in [-0.25, -0.2) is 4.79 Å². The van der Waals surface area contributed by atoms with Crippen LogP contribution in [-0.2, 0) is 15.9 Å². The van der Waals surface area contributed by atoms with Crippen molar-refractivity contribution >= 4 is 17.4 Å². The SMILES string of the molecule is O=C(NC[C@@H]1OCCc2sccc21)N1CC[C@@]2(CCOC2)C1. The van der Waals surface area contributed by atoms with Gasteiger partial charge in [0.25, 0.3) is 0 Å². The van der Waals surface area contributed by atoms with E-state index in [9.17, 15) is 4.79 Å². The summed E-state index contributed by atoms with van der Waals surface area (Å²) < 4.78 is 11.3. The number of nitrogens with one attached hydrogen (secondary N) is 1. The highest BCUT2D eigenvalue weighted by Crippen LogP contribution is 2.38. The Balaban J connectivity index is 1.32. The molecule has 0 aromatic carbocycles. The minimum Gasteiger partial charge on any atom is -0.381 e. The summed E-state index contributed by atoms with van der Waals surface area (Å²) in [5.41, 5.74) is 1.47. The molecular weight excluding hydrogens is 300 g/mol. The van der Waals surface area contributed by atoms with Gasteiger partial charge in [-0.05, 0) is 29.9 Å². The molecule has 0 radical (unpaired) electrons. The highest BCUT2D eigenvalue weighted by atomic mass is 32.1. The van der Waals surface area contributed by atoms with Crippen molar-refractivity contribution < 1.29 is 14.3 Å².